The summed E-state index contributed by atoms with van der Waals surface area (Å²) in [7, 11) is 1.65. The molecule has 7 nitrogen and oxygen atoms in total. The number of hydrogen-bond donors (Lipinski definition) is 2. The van der Waals surface area contributed by atoms with Crippen LogP contribution in [0.15, 0.2) is 24.4 Å². The summed E-state index contributed by atoms with van der Waals surface area (Å²) in [6, 6.07) is 6.33. The maximum Gasteiger partial charge on any atom is 0.256 e. The van der Waals surface area contributed by atoms with Gasteiger partial charge in [0.2, 0.25) is 0 Å². The number of aromatic nitrogens is 1. The zero-order valence-electron chi connectivity index (χ0n) is 17.1. The van der Waals surface area contributed by atoms with Gasteiger partial charge in [0.1, 0.15) is 12.4 Å². The summed E-state index contributed by atoms with van der Waals surface area (Å²) in [6.45, 7) is 4.31. The molecule has 1 aliphatic heterocycles. The number of benzene rings is 1. The number of methoxy groups -OCH3 is 1. The molecule has 2 aliphatic rings. The summed E-state index contributed by atoms with van der Waals surface area (Å²) in [5, 5.41) is 10.6. The lowest BCUT2D eigenvalue weighted by Crippen LogP contribution is -2.52. The van der Waals surface area contributed by atoms with Crippen molar-refractivity contribution in [3.05, 3.63) is 30.0 Å². The van der Waals surface area contributed by atoms with Crippen LogP contribution in [-0.2, 0) is 4.74 Å². The van der Waals surface area contributed by atoms with E-state index >= 15 is 0 Å². The van der Waals surface area contributed by atoms with Gasteiger partial charge >= 0.3 is 0 Å². The topological polar surface area (TPSA) is 78.0 Å². The van der Waals surface area contributed by atoms with E-state index in [9.17, 15) is 9.90 Å². The van der Waals surface area contributed by atoms with Gasteiger partial charge in [0.15, 0.2) is 0 Å². The average molecular weight is 402 g/mol. The first-order valence-corrected chi connectivity index (χ1v) is 10.6. The lowest BCUT2D eigenvalue weighted by Gasteiger charge is -2.41. The van der Waals surface area contributed by atoms with E-state index in [1.807, 2.05) is 23.1 Å². The number of rotatable bonds is 6. The van der Waals surface area contributed by atoms with Gasteiger partial charge in [-0.2, -0.15) is 0 Å². The summed E-state index contributed by atoms with van der Waals surface area (Å²) < 4.78 is 10.7. The Morgan fingerprint density at radius 2 is 1.90 bits per heavy atom. The van der Waals surface area contributed by atoms with Crippen molar-refractivity contribution in [2.24, 2.45) is 0 Å². The van der Waals surface area contributed by atoms with Crippen molar-refractivity contribution in [3.63, 3.8) is 0 Å². The van der Waals surface area contributed by atoms with Crippen LogP contribution in [0.2, 0.25) is 0 Å². The highest BCUT2D eigenvalue weighted by Gasteiger charge is 2.30. The molecular weight excluding hydrogens is 370 g/mol. The molecule has 1 amide bonds. The number of ether oxygens (including phenoxy) is 2. The van der Waals surface area contributed by atoms with E-state index in [-0.39, 0.29) is 12.0 Å². The second-order valence-corrected chi connectivity index (χ2v) is 8.04. The second-order valence-electron chi connectivity index (χ2n) is 8.04. The van der Waals surface area contributed by atoms with Gasteiger partial charge in [0.05, 0.1) is 18.3 Å². The monoisotopic (exact) mass is 401 g/mol. The molecule has 7 heteroatoms. The van der Waals surface area contributed by atoms with Gasteiger partial charge in [-0.3, -0.25) is 9.69 Å². The van der Waals surface area contributed by atoms with E-state index in [1.165, 1.54) is 0 Å². The van der Waals surface area contributed by atoms with Gasteiger partial charge < -0.3 is 24.5 Å². The highest BCUT2D eigenvalue weighted by molar-refractivity contribution is 6.07. The molecular formula is C22H31N3O4. The van der Waals surface area contributed by atoms with Crippen LogP contribution in [0.3, 0.4) is 0 Å². The summed E-state index contributed by atoms with van der Waals surface area (Å²) >= 11 is 0. The van der Waals surface area contributed by atoms with Crippen LogP contribution in [0.25, 0.3) is 10.9 Å². The maximum atomic E-state index is 13.2. The summed E-state index contributed by atoms with van der Waals surface area (Å²) in [4.78, 5) is 20.8. The Kier molecular flexibility index (Phi) is 6.37. The van der Waals surface area contributed by atoms with Gasteiger partial charge in [-0.15, -0.1) is 0 Å². The lowest BCUT2D eigenvalue weighted by atomic mass is 9.91. The largest absolute Gasteiger partial charge is 0.491 e. The van der Waals surface area contributed by atoms with Crippen LogP contribution in [0.4, 0.5) is 0 Å². The molecule has 4 rings (SSSR count). The molecule has 1 saturated carbocycles. The minimum Gasteiger partial charge on any atom is -0.491 e. The Labute approximate surface area is 171 Å². The van der Waals surface area contributed by atoms with Gasteiger partial charge in [-0.05, 0) is 43.9 Å². The van der Waals surface area contributed by atoms with Gasteiger partial charge in [0.25, 0.3) is 5.91 Å². The van der Waals surface area contributed by atoms with E-state index < -0.39 is 0 Å². The third-order valence-electron chi connectivity index (χ3n) is 6.22. The predicted molar refractivity (Wildman–Crippen MR) is 111 cm³/mol. The second kappa shape index (κ2) is 9.15. The quantitative estimate of drug-likeness (QED) is 0.726. The number of aromatic amines is 1. The molecule has 1 aromatic carbocycles. The van der Waals surface area contributed by atoms with E-state index in [2.05, 4.69) is 9.88 Å². The lowest BCUT2D eigenvalue weighted by molar-refractivity contribution is 0.0380. The standard InChI is InChI=1S/C22H31N3O4/c1-28-12-13-29-18-6-7-21-19(14-18)20(15-23-21)22(27)25-10-8-24(9-11-25)16-2-4-17(26)5-3-16/h6-7,14-17,23,26H,2-5,8-13H2,1H3. The fourth-order valence-electron chi connectivity index (χ4n) is 4.49. The normalized spacial score (nSPS) is 23.4. The smallest absolute Gasteiger partial charge is 0.256 e. The molecule has 0 atom stereocenters. The molecule has 1 saturated heterocycles. The molecule has 0 spiro atoms. The Morgan fingerprint density at radius 3 is 2.62 bits per heavy atom. The molecule has 0 bridgehead atoms. The van der Waals surface area contributed by atoms with Crippen LogP contribution >= 0.6 is 0 Å². The number of aliphatic hydroxyl groups is 1. The minimum atomic E-state index is -0.126. The van der Waals surface area contributed by atoms with Gasteiger partial charge in [-0.25, -0.2) is 0 Å². The number of hydrogen-bond acceptors (Lipinski definition) is 5. The van der Waals surface area contributed by atoms with E-state index in [0.29, 0.717) is 24.8 Å². The van der Waals surface area contributed by atoms with Crippen LogP contribution in [0.5, 0.6) is 5.75 Å². The molecule has 158 valence electrons. The van der Waals surface area contributed by atoms with Crippen molar-refractivity contribution >= 4 is 16.8 Å². The number of aliphatic hydroxyl groups excluding tert-OH is 1. The highest BCUT2D eigenvalue weighted by atomic mass is 16.5. The van der Waals surface area contributed by atoms with Crippen molar-refractivity contribution in [3.8, 4) is 5.75 Å². The summed E-state index contributed by atoms with van der Waals surface area (Å²) in [5.41, 5.74) is 1.64. The Bertz CT molecular complexity index is 821. The zero-order valence-corrected chi connectivity index (χ0v) is 17.1. The molecule has 2 heterocycles. The van der Waals surface area contributed by atoms with Crippen molar-refractivity contribution in [2.75, 3.05) is 46.5 Å². The zero-order chi connectivity index (χ0) is 20.2. The van der Waals surface area contributed by atoms with Crippen molar-refractivity contribution in [1.29, 1.82) is 0 Å². The van der Waals surface area contributed by atoms with Gasteiger partial charge in [0, 0.05) is 56.4 Å². The Balaban J connectivity index is 1.39. The fourth-order valence-corrected chi connectivity index (χ4v) is 4.49. The molecule has 2 N–H and O–H groups in total. The number of nitrogens with one attached hydrogen (secondary N) is 1. The van der Waals surface area contributed by atoms with Crippen LogP contribution in [0.1, 0.15) is 36.0 Å². The highest BCUT2D eigenvalue weighted by Crippen LogP contribution is 2.27. The molecule has 0 unspecified atom stereocenters. The number of nitrogens with zero attached hydrogens (tertiary/aromatic N) is 2. The van der Waals surface area contributed by atoms with Gasteiger partial charge in [-0.1, -0.05) is 0 Å². The van der Waals surface area contributed by atoms with Crippen molar-refractivity contribution in [2.45, 2.75) is 37.8 Å². The molecule has 1 aromatic heterocycles. The van der Waals surface area contributed by atoms with Crippen molar-refractivity contribution < 1.29 is 19.4 Å². The van der Waals surface area contributed by atoms with Crippen molar-refractivity contribution in [1.82, 2.24) is 14.8 Å². The first kappa shape index (κ1) is 20.2. The number of carbonyl (C=O) groups excluding carboxylic acids is 1. The average Bonchev–Trinajstić information content (AvgIpc) is 3.17. The third-order valence-corrected chi connectivity index (χ3v) is 6.22. The minimum absolute atomic E-state index is 0.0732. The number of H-pyrrole nitrogens is 1. The number of piperazine rings is 1. The van der Waals surface area contributed by atoms with E-state index in [0.717, 1.165) is 68.5 Å². The number of carbonyl (C=O) groups is 1. The molecule has 1 aliphatic carbocycles. The fraction of sp³-hybridized carbons (Fsp3) is 0.591. The Morgan fingerprint density at radius 1 is 1.14 bits per heavy atom. The van der Waals surface area contributed by atoms with Crippen LogP contribution in [0, 0.1) is 0 Å². The SMILES string of the molecule is COCCOc1ccc2[nH]cc(C(=O)N3CCN(C4CCC(O)CC4)CC3)c2c1. The Hall–Kier alpha value is -2.09. The summed E-state index contributed by atoms with van der Waals surface area (Å²) in [6.07, 6.45) is 5.59. The summed E-state index contributed by atoms with van der Waals surface area (Å²) in [5.74, 6) is 0.816. The first-order chi connectivity index (χ1) is 14.2. The molecule has 2 fully saturated rings. The van der Waals surface area contributed by atoms with Crippen LogP contribution in [-0.4, -0.2) is 84.4 Å². The maximum absolute atomic E-state index is 13.2. The predicted octanol–water partition coefficient (Wildman–Crippen LogP) is 2.25. The van der Waals surface area contributed by atoms with Crippen LogP contribution < -0.4 is 4.74 Å². The van der Waals surface area contributed by atoms with E-state index in [4.69, 9.17) is 9.47 Å². The third kappa shape index (κ3) is 4.57. The number of amides is 1. The molecule has 29 heavy (non-hydrogen) atoms. The number of fused-ring (bicyclic) bond motifs is 1. The molecule has 2 aromatic rings. The molecule has 0 radical (unpaired) electrons. The van der Waals surface area contributed by atoms with E-state index in [1.54, 1.807) is 13.3 Å². The first-order valence-electron chi connectivity index (χ1n) is 10.6.